The number of hydrogen-bond donors (Lipinski definition) is 1. The van der Waals surface area contributed by atoms with Crippen LogP contribution in [0, 0.1) is 0 Å². The molecule has 0 fully saturated rings. The van der Waals surface area contributed by atoms with Gasteiger partial charge in [-0.2, -0.15) is 0 Å². The molecule has 1 unspecified atom stereocenters. The number of ether oxygens (including phenoxy) is 1. The van der Waals surface area contributed by atoms with Crippen LogP contribution in [0.5, 0.6) is 0 Å². The van der Waals surface area contributed by atoms with E-state index in [0.29, 0.717) is 6.04 Å². The predicted octanol–water partition coefficient (Wildman–Crippen LogP) is 2.31. The Morgan fingerprint density at radius 1 is 1.22 bits per heavy atom. The molecule has 1 rings (SSSR count). The van der Waals surface area contributed by atoms with Crippen LogP contribution in [0.3, 0.4) is 0 Å². The van der Waals surface area contributed by atoms with Gasteiger partial charge in [-0.3, -0.25) is 4.90 Å². The van der Waals surface area contributed by atoms with Gasteiger partial charge in [-0.15, -0.1) is 0 Å². The number of nitrogens with one attached hydrogen (secondary N) is 1. The van der Waals surface area contributed by atoms with Crippen LogP contribution in [0.1, 0.15) is 25.5 Å². The van der Waals surface area contributed by atoms with Crippen molar-refractivity contribution in [2.45, 2.75) is 19.9 Å². The van der Waals surface area contributed by atoms with Crippen LogP contribution in [-0.2, 0) is 4.74 Å². The average Bonchev–Trinajstić information content (AvgIpc) is 2.43. The summed E-state index contributed by atoms with van der Waals surface area (Å²) in [6.07, 6.45) is 0. The Morgan fingerprint density at radius 3 is 2.50 bits per heavy atom. The highest BCUT2D eigenvalue weighted by atomic mass is 16.5. The lowest BCUT2D eigenvalue weighted by Crippen LogP contribution is -2.37. The van der Waals surface area contributed by atoms with Crippen molar-refractivity contribution in [2.24, 2.45) is 0 Å². The SMILES string of the molecule is CCNCC(c1ccccc1)N(CC)CCOC. The fourth-order valence-electron chi connectivity index (χ4n) is 2.16. The third-order valence-corrected chi connectivity index (χ3v) is 3.20. The van der Waals surface area contributed by atoms with E-state index in [1.807, 2.05) is 0 Å². The number of hydrogen-bond acceptors (Lipinski definition) is 3. The molecule has 1 N–H and O–H groups in total. The van der Waals surface area contributed by atoms with Gasteiger partial charge in [0.25, 0.3) is 0 Å². The first-order valence-electron chi connectivity index (χ1n) is 6.82. The molecular weight excluding hydrogens is 224 g/mol. The lowest BCUT2D eigenvalue weighted by atomic mass is 10.1. The summed E-state index contributed by atoms with van der Waals surface area (Å²) >= 11 is 0. The summed E-state index contributed by atoms with van der Waals surface area (Å²) in [5.41, 5.74) is 1.37. The quantitative estimate of drug-likeness (QED) is 0.728. The van der Waals surface area contributed by atoms with E-state index in [9.17, 15) is 0 Å². The third-order valence-electron chi connectivity index (χ3n) is 3.20. The number of nitrogens with zero attached hydrogens (tertiary/aromatic N) is 1. The second-order valence-electron chi connectivity index (χ2n) is 4.36. The van der Waals surface area contributed by atoms with Crippen LogP contribution < -0.4 is 5.32 Å². The van der Waals surface area contributed by atoms with Gasteiger partial charge < -0.3 is 10.1 Å². The Hall–Kier alpha value is -0.900. The summed E-state index contributed by atoms with van der Waals surface area (Å²) in [5.74, 6) is 0. The molecule has 1 atom stereocenters. The van der Waals surface area contributed by atoms with Crippen molar-refractivity contribution >= 4 is 0 Å². The molecular formula is C15H26N2O. The van der Waals surface area contributed by atoms with Gasteiger partial charge in [-0.25, -0.2) is 0 Å². The molecule has 0 aromatic heterocycles. The van der Waals surface area contributed by atoms with Crippen molar-refractivity contribution in [2.75, 3.05) is 39.9 Å². The first-order valence-corrected chi connectivity index (χ1v) is 6.82. The molecule has 0 aliphatic heterocycles. The smallest absolute Gasteiger partial charge is 0.0589 e. The van der Waals surface area contributed by atoms with E-state index in [4.69, 9.17) is 4.74 Å². The Morgan fingerprint density at radius 2 is 1.94 bits per heavy atom. The second kappa shape index (κ2) is 9.09. The molecule has 3 nitrogen and oxygen atoms in total. The van der Waals surface area contributed by atoms with Crippen LogP contribution in [0.4, 0.5) is 0 Å². The highest BCUT2D eigenvalue weighted by Crippen LogP contribution is 2.19. The van der Waals surface area contributed by atoms with E-state index in [2.05, 4.69) is 54.4 Å². The molecule has 0 saturated heterocycles. The summed E-state index contributed by atoms with van der Waals surface area (Å²) < 4.78 is 5.20. The zero-order valence-electron chi connectivity index (χ0n) is 11.9. The standard InChI is InChI=1S/C15H26N2O/c1-4-16-13-15(14-9-7-6-8-10-14)17(5-2)11-12-18-3/h6-10,15-16H,4-5,11-13H2,1-3H3. The number of rotatable bonds is 9. The van der Waals surface area contributed by atoms with Gasteiger partial charge in [0, 0.05) is 26.2 Å². The first-order chi connectivity index (χ1) is 8.83. The molecule has 0 amide bonds. The summed E-state index contributed by atoms with van der Waals surface area (Å²) in [6, 6.07) is 11.1. The molecule has 0 heterocycles. The van der Waals surface area contributed by atoms with Crippen molar-refractivity contribution in [3.05, 3.63) is 35.9 Å². The van der Waals surface area contributed by atoms with Crippen molar-refractivity contribution in [3.8, 4) is 0 Å². The number of likely N-dealkylation sites (N-methyl/N-ethyl adjacent to an activating group) is 2. The number of benzene rings is 1. The molecule has 18 heavy (non-hydrogen) atoms. The fraction of sp³-hybridized carbons (Fsp3) is 0.600. The van der Waals surface area contributed by atoms with Gasteiger partial charge in [-0.05, 0) is 18.7 Å². The average molecular weight is 250 g/mol. The van der Waals surface area contributed by atoms with Gasteiger partial charge in [0.15, 0.2) is 0 Å². The fourth-order valence-corrected chi connectivity index (χ4v) is 2.16. The molecule has 0 saturated carbocycles. The van der Waals surface area contributed by atoms with Gasteiger partial charge >= 0.3 is 0 Å². The van der Waals surface area contributed by atoms with E-state index >= 15 is 0 Å². The van der Waals surface area contributed by atoms with Crippen molar-refractivity contribution in [1.82, 2.24) is 10.2 Å². The Labute approximate surface area is 111 Å². The van der Waals surface area contributed by atoms with E-state index < -0.39 is 0 Å². The van der Waals surface area contributed by atoms with E-state index in [1.54, 1.807) is 7.11 Å². The summed E-state index contributed by atoms with van der Waals surface area (Å²) in [5, 5.41) is 3.46. The summed E-state index contributed by atoms with van der Waals surface area (Å²) in [4.78, 5) is 2.46. The lowest BCUT2D eigenvalue weighted by molar-refractivity contribution is 0.122. The monoisotopic (exact) mass is 250 g/mol. The van der Waals surface area contributed by atoms with Gasteiger partial charge in [0.1, 0.15) is 0 Å². The van der Waals surface area contributed by atoms with Crippen LogP contribution >= 0.6 is 0 Å². The summed E-state index contributed by atoms with van der Waals surface area (Å²) in [7, 11) is 1.76. The Kier molecular flexibility index (Phi) is 7.65. The molecule has 102 valence electrons. The van der Waals surface area contributed by atoms with Crippen LogP contribution in [0.25, 0.3) is 0 Å². The normalized spacial score (nSPS) is 12.9. The predicted molar refractivity (Wildman–Crippen MR) is 76.8 cm³/mol. The minimum Gasteiger partial charge on any atom is -0.383 e. The van der Waals surface area contributed by atoms with Gasteiger partial charge in [0.05, 0.1) is 6.61 Å². The van der Waals surface area contributed by atoms with Crippen molar-refractivity contribution in [3.63, 3.8) is 0 Å². The van der Waals surface area contributed by atoms with E-state index in [1.165, 1.54) is 5.56 Å². The molecule has 3 heteroatoms. The largest absolute Gasteiger partial charge is 0.383 e. The summed E-state index contributed by atoms with van der Waals surface area (Å²) in [6.45, 7) is 9.13. The zero-order chi connectivity index (χ0) is 13.2. The minimum atomic E-state index is 0.422. The molecule has 0 aliphatic rings. The van der Waals surface area contributed by atoms with Gasteiger partial charge in [-0.1, -0.05) is 44.2 Å². The molecule has 1 aromatic carbocycles. The van der Waals surface area contributed by atoms with Crippen LogP contribution in [0.15, 0.2) is 30.3 Å². The van der Waals surface area contributed by atoms with Crippen LogP contribution in [-0.4, -0.2) is 44.8 Å². The van der Waals surface area contributed by atoms with Crippen LogP contribution in [0.2, 0.25) is 0 Å². The third kappa shape index (κ3) is 4.77. The maximum Gasteiger partial charge on any atom is 0.0589 e. The maximum absolute atomic E-state index is 5.20. The highest BCUT2D eigenvalue weighted by molar-refractivity contribution is 5.19. The van der Waals surface area contributed by atoms with Crippen molar-refractivity contribution < 1.29 is 4.74 Å². The topological polar surface area (TPSA) is 24.5 Å². The van der Waals surface area contributed by atoms with E-state index in [-0.39, 0.29) is 0 Å². The first kappa shape index (κ1) is 15.2. The molecule has 0 bridgehead atoms. The Balaban J connectivity index is 2.75. The van der Waals surface area contributed by atoms with Crippen molar-refractivity contribution in [1.29, 1.82) is 0 Å². The zero-order valence-corrected chi connectivity index (χ0v) is 11.9. The molecule has 0 aliphatic carbocycles. The highest BCUT2D eigenvalue weighted by Gasteiger charge is 2.17. The lowest BCUT2D eigenvalue weighted by Gasteiger charge is -2.31. The maximum atomic E-state index is 5.20. The second-order valence-corrected chi connectivity index (χ2v) is 4.36. The molecule has 0 spiro atoms. The van der Waals surface area contributed by atoms with E-state index in [0.717, 1.165) is 32.8 Å². The molecule has 1 aromatic rings. The number of methoxy groups -OCH3 is 1. The molecule has 0 radical (unpaired) electrons. The van der Waals surface area contributed by atoms with Gasteiger partial charge in [0.2, 0.25) is 0 Å². The minimum absolute atomic E-state index is 0.422. The Bertz CT molecular complexity index is 303.